The number of halogens is 2. The summed E-state index contributed by atoms with van der Waals surface area (Å²) in [5, 5.41) is 0.785. The second-order valence-electron chi connectivity index (χ2n) is 7.94. The third-order valence-electron chi connectivity index (χ3n) is 5.55. The maximum Gasteiger partial charge on any atom is 0.338 e. The van der Waals surface area contributed by atoms with Crippen LogP contribution in [0.25, 0.3) is 6.08 Å². The van der Waals surface area contributed by atoms with E-state index in [0.717, 1.165) is 11.3 Å². The number of carbonyl (C=O) groups is 2. The molecule has 2 heterocycles. The van der Waals surface area contributed by atoms with E-state index in [9.17, 15) is 14.4 Å². The van der Waals surface area contributed by atoms with Crippen LogP contribution in [0.2, 0.25) is 10.0 Å². The molecular weight excluding hydrogens is 539 g/mol. The maximum atomic E-state index is 13.7. The van der Waals surface area contributed by atoms with Gasteiger partial charge < -0.3 is 14.2 Å². The Hall–Kier alpha value is -3.40. The minimum Gasteiger partial charge on any atom is -0.493 e. The number of carbonyl (C=O) groups excluding carboxylic acids is 2. The predicted octanol–water partition coefficient (Wildman–Crippen LogP) is 4.04. The molecule has 1 atom stereocenters. The quantitative estimate of drug-likeness (QED) is 0.333. The number of nitrogens with zero attached hydrogens (tertiary/aromatic N) is 2. The van der Waals surface area contributed by atoms with Gasteiger partial charge in [-0.1, -0.05) is 46.7 Å². The highest BCUT2D eigenvalue weighted by Crippen LogP contribution is 2.36. The first-order valence-corrected chi connectivity index (χ1v) is 12.7. The van der Waals surface area contributed by atoms with E-state index in [0.29, 0.717) is 36.2 Å². The molecule has 1 aliphatic rings. The van der Waals surface area contributed by atoms with E-state index < -0.39 is 18.0 Å². The highest BCUT2D eigenvalue weighted by molar-refractivity contribution is 7.07. The maximum absolute atomic E-state index is 13.7. The van der Waals surface area contributed by atoms with Crippen molar-refractivity contribution < 1.29 is 23.8 Å². The molecule has 2 aromatic carbocycles. The van der Waals surface area contributed by atoms with Crippen LogP contribution in [0.4, 0.5) is 0 Å². The Morgan fingerprint density at radius 3 is 2.49 bits per heavy atom. The highest BCUT2D eigenvalue weighted by Gasteiger charge is 2.34. The molecule has 0 saturated carbocycles. The Kier molecular flexibility index (Phi) is 7.87. The van der Waals surface area contributed by atoms with E-state index >= 15 is 0 Å². The predicted molar refractivity (Wildman–Crippen MR) is 141 cm³/mol. The largest absolute Gasteiger partial charge is 0.493 e. The molecule has 0 fully saturated rings. The van der Waals surface area contributed by atoms with Crippen LogP contribution < -0.4 is 24.4 Å². The SMILES string of the molecule is CCOC(=O)C1=C(C)N=c2s/c(=C\c3c(Cl)cccc3Cl)c(=O)n2[C@H]1c1ccc(OC(C)=O)c(OC)c1. The third kappa shape index (κ3) is 5.20. The number of aromatic nitrogens is 1. The summed E-state index contributed by atoms with van der Waals surface area (Å²) in [4.78, 5) is 43.3. The number of ether oxygens (including phenoxy) is 3. The van der Waals surface area contributed by atoms with Crippen molar-refractivity contribution in [3.8, 4) is 11.5 Å². The summed E-state index contributed by atoms with van der Waals surface area (Å²) in [6.45, 7) is 4.81. The summed E-state index contributed by atoms with van der Waals surface area (Å²) < 4.78 is 17.7. The molecule has 3 aromatic rings. The number of rotatable bonds is 6. The fourth-order valence-corrected chi connectivity index (χ4v) is 5.51. The van der Waals surface area contributed by atoms with E-state index in [2.05, 4.69) is 4.99 Å². The lowest BCUT2D eigenvalue weighted by molar-refractivity contribution is -0.139. The second-order valence-corrected chi connectivity index (χ2v) is 9.77. The normalized spacial score (nSPS) is 15.2. The number of methoxy groups -OCH3 is 1. The fraction of sp³-hybridized carbons (Fsp3) is 0.231. The zero-order valence-corrected chi connectivity index (χ0v) is 22.7. The Balaban J connectivity index is 1.98. The van der Waals surface area contributed by atoms with E-state index in [1.54, 1.807) is 56.3 Å². The van der Waals surface area contributed by atoms with Gasteiger partial charge in [0.2, 0.25) is 0 Å². The smallest absolute Gasteiger partial charge is 0.338 e. The van der Waals surface area contributed by atoms with Crippen molar-refractivity contribution in [3.05, 3.63) is 88.5 Å². The van der Waals surface area contributed by atoms with Crippen molar-refractivity contribution in [1.82, 2.24) is 4.57 Å². The summed E-state index contributed by atoms with van der Waals surface area (Å²) in [6.07, 6.45) is 1.61. The molecule has 1 aromatic heterocycles. The van der Waals surface area contributed by atoms with Gasteiger partial charge in [-0.15, -0.1) is 0 Å². The number of thiazole rings is 1. The number of esters is 2. The lowest BCUT2D eigenvalue weighted by atomic mass is 9.95. The van der Waals surface area contributed by atoms with Crippen molar-refractivity contribution in [2.75, 3.05) is 13.7 Å². The number of benzene rings is 2. The Morgan fingerprint density at radius 1 is 1.16 bits per heavy atom. The molecule has 0 unspecified atom stereocenters. The van der Waals surface area contributed by atoms with Gasteiger partial charge in [-0.2, -0.15) is 0 Å². The van der Waals surface area contributed by atoms with Gasteiger partial charge in [-0.05, 0) is 49.8 Å². The molecule has 0 radical (unpaired) electrons. The van der Waals surface area contributed by atoms with E-state index in [1.165, 1.54) is 18.6 Å². The molecule has 0 aliphatic carbocycles. The van der Waals surface area contributed by atoms with Gasteiger partial charge >= 0.3 is 11.9 Å². The molecule has 192 valence electrons. The van der Waals surface area contributed by atoms with Crippen LogP contribution in [-0.2, 0) is 14.3 Å². The van der Waals surface area contributed by atoms with Crippen LogP contribution in [0.3, 0.4) is 0 Å². The van der Waals surface area contributed by atoms with Gasteiger partial charge in [0.05, 0.1) is 35.6 Å². The van der Waals surface area contributed by atoms with Crippen molar-refractivity contribution in [2.45, 2.75) is 26.8 Å². The fourth-order valence-electron chi connectivity index (χ4n) is 3.98. The minimum atomic E-state index is -0.876. The third-order valence-corrected chi connectivity index (χ3v) is 7.19. The molecule has 1 aliphatic heterocycles. The van der Waals surface area contributed by atoms with Crippen LogP contribution in [0, 0.1) is 0 Å². The van der Waals surface area contributed by atoms with Gasteiger partial charge in [0.1, 0.15) is 0 Å². The molecule has 8 nitrogen and oxygen atoms in total. The van der Waals surface area contributed by atoms with Crippen LogP contribution in [0.15, 0.2) is 57.5 Å². The Morgan fingerprint density at radius 2 is 1.86 bits per heavy atom. The van der Waals surface area contributed by atoms with Crippen molar-refractivity contribution in [3.63, 3.8) is 0 Å². The molecule has 37 heavy (non-hydrogen) atoms. The van der Waals surface area contributed by atoms with Crippen molar-refractivity contribution >= 4 is 52.6 Å². The summed E-state index contributed by atoms with van der Waals surface area (Å²) in [5.74, 6) is -0.645. The van der Waals surface area contributed by atoms with E-state index in [4.69, 9.17) is 37.4 Å². The topological polar surface area (TPSA) is 96.2 Å². The molecule has 0 spiro atoms. The summed E-state index contributed by atoms with van der Waals surface area (Å²) in [7, 11) is 1.43. The van der Waals surface area contributed by atoms with Gasteiger partial charge in [-0.3, -0.25) is 14.2 Å². The Labute approximate surface area is 226 Å². The highest BCUT2D eigenvalue weighted by atomic mass is 35.5. The molecule has 0 saturated heterocycles. The average molecular weight is 561 g/mol. The number of allylic oxidation sites excluding steroid dienone is 1. The summed E-state index contributed by atoms with van der Waals surface area (Å²) in [5.41, 5.74) is 1.27. The van der Waals surface area contributed by atoms with Crippen LogP contribution in [0.5, 0.6) is 11.5 Å². The van der Waals surface area contributed by atoms with Crippen LogP contribution >= 0.6 is 34.5 Å². The number of fused-ring (bicyclic) bond motifs is 1. The van der Waals surface area contributed by atoms with Crippen LogP contribution in [0.1, 0.15) is 37.9 Å². The van der Waals surface area contributed by atoms with E-state index in [-0.39, 0.29) is 29.2 Å². The summed E-state index contributed by atoms with van der Waals surface area (Å²) in [6, 6.07) is 9.02. The molecule has 0 amide bonds. The molecule has 0 bridgehead atoms. The monoisotopic (exact) mass is 560 g/mol. The minimum absolute atomic E-state index is 0.145. The van der Waals surface area contributed by atoms with Gasteiger partial charge in [0.25, 0.3) is 5.56 Å². The first kappa shape index (κ1) is 26.7. The summed E-state index contributed by atoms with van der Waals surface area (Å²) >= 11 is 13.8. The molecular formula is C26H22Cl2N2O6S. The van der Waals surface area contributed by atoms with Crippen molar-refractivity contribution in [2.24, 2.45) is 4.99 Å². The second kappa shape index (κ2) is 10.9. The van der Waals surface area contributed by atoms with Gasteiger partial charge in [0, 0.05) is 22.5 Å². The standard InChI is InChI=1S/C26H22Cl2N2O6S/c1-5-35-25(33)22-13(2)29-26-30(23(22)15-9-10-19(36-14(3)31)20(11-15)34-4)24(32)21(37-26)12-16-17(27)7-6-8-18(16)28/h6-12,23H,5H2,1-4H3/b21-12-/t23-/m0/s1. The molecule has 11 heteroatoms. The molecule has 0 N–H and O–H groups in total. The number of hydrogen-bond acceptors (Lipinski definition) is 8. The van der Waals surface area contributed by atoms with Gasteiger partial charge in [-0.25, -0.2) is 9.79 Å². The Bertz CT molecular complexity index is 1600. The van der Waals surface area contributed by atoms with E-state index in [1.807, 2.05) is 0 Å². The lowest BCUT2D eigenvalue weighted by Crippen LogP contribution is -2.40. The van der Waals surface area contributed by atoms with Crippen LogP contribution in [-0.4, -0.2) is 30.2 Å². The van der Waals surface area contributed by atoms with Gasteiger partial charge in [0.15, 0.2) is 16.3 Å². The lowest BCUT2D eigenvalue weighted by Gasteiger charge is -2.25. The first-order chi connectivity index (χ1) is 17.7. The zero-order valence-electron chi connectivity index (χ0n) is 20.3. The zero-order chi connectivity index (χ0) is 26.9. The number of hydrogen-bond donors (Lipinski definition) is 0. The average Bonchev–Trinajstić information content (AvgIpc) is 3.15. The molecule has 4 rings (SSSR count). The first-order valence-electron chi connectivity index (χ1n) is 11.2. The van der Waals surface area contributed by atoms with Crippen molar-refractivity contribution in [1.29, 1.82) is 0 Å².